The molecule has 2 aliphatic rings. The number of amides is 1. The second-order valence-corrected chi connectivity index (χ2v) is 5.78. The monoisotopic (exact) mass is 311 g/mol. The Kier molecular flexibility index (Phi) is 3.46. The second kappa shape index (κ2) is 5.62. The molecule has 0 spiro atoms. The molecule has 0 bridgehead atoms. The number of aromatic nitrogens is 2. The van der Waals surface area contributed by atoms with Crippen molar-refractivity contribution in [3.8, 4) is 5.75 Å². The van der Waals surface area contributed by atoms with Crippen LogP contribution >= 0.6 is 0 Å². The molecule has 1 aromatic heterocycles. The van der Waals surface area contributed by atoms with Gasteiger partial charge >= 0.3 is 0 Å². The van der Waals surface area contributed by atoms with Crippen LogP contribution in [0.3, 0.4) is 0 Å². The van der Waals surface area contributed by atoms with E-state index in [-0.39, 0.29) is 11.8 Å². The summed E-state index contributed by atoms with van der Waals surface area (Å²) in [7, 11) is 1.60. The van der Waals surface area contributed by atoms with Gasteiger partial charge in [-0.1, -0.05) is 6.08 Å². The average molecular weight is 311 g/mol. The number of rotatable bonds is 4. The molecule has 4 rings (SSSR count). The van der Waals surface area contributed by atoms with Gasteiger partial charge in [-0.2, -0.15) is 0 Å². The van der Waals surface area contributed by atoms with Crippen LogP contribution in [0, 0.1) is 5.92 Å². The summed E-state index contributed by atoms with van der Waals surface area (Å²) in [4.78, 5) is 21.0. The minimum Gasteiger partial charge on any atom is -0.494 e. The molecule has 118 valence electrons. The number of carbonyl (C=O) groups is 1. The van der Waals surface area contributed by atoms with Crippen molar-refractivity contribution >= 4 is 28.3 Å². The Labute approximate surface area is 133 Å². The zero-order chi connectivity index (χ0) is 15.8. The molecule has 0 radical (unpaired) electrons. The van der Waals surface area contributed by atoms with Crippen LogP contribution in [0.5, 0.6) is 5.75 Å². The van der Waals surface area contributed by atoms with E-state index in [0.717, 1.165) is 29.5 Å². The number of ether oxygens (including phenoxy) is 2. The number of hydrogen-bond donors (Lipinski definition) is 1. The summed E-state index contributed by atoms with van der Waals surface area (Å²) >= 11 is 0. The van der Waals surface area contributed by atoms with Crippen LogP contribution < -0.4 is 10.1 Å². The fourth-order valence-electron chi connectivity index (χ4n) is 2.71. The molecular weight excluding hydrogens is 294 g/mol. The van der Waals surface area contributed by atoms with Crippen molar-refractivity contribution in [3.05, 3.63) is 30.0 Å². The second-order valence-electron chi connectivity index (χ2n) is 5.78. The lowest BCUT2D eigenvalue weighted by atomic mass is 10.0. The molecule has 1 fully saturated rings. The topological polar surface area (TPSA) is 73.3 Å². The number of fused-ring (bicyclic) bond motifs is 1. The summed E-state index contributed by atoms with van der Waals surface area (Å²) in [6.07, 6.45) is 5.55. The predicted octanol–water partition coefficient (Wildman–Crippen LogP) is 2.40. The minimum absolute atomic E-state index is 0.0145. The molecule has 1 aliphatic heterocycles. The summed E-state index contributed by atoms with van der Waals surface area (Å²) < 4.78 is 10.8. The summed E-state index contributed by atoms with van der Waals surface area (Å²) in [5, 5.41) is 2.83. The Balaban J connectivity index is 1.77. The van der Waals surface area contributed by atoms with Gasteiger partial charge in [0.2, 0.25) is 5.91 Å². The first-order valence-corrected chi connectivity index (χ1v) is 7.68. The molecule has 2 aromatic rings. The molecule has 2 heterocycles. The van der Waals surface area contributed by atoms with E-state index < -0.39 is 0 Å². The molecule has 0 unspecified atom stereocenters. The van der Waals surface area contributed by atoms with Crippen LogP contribution in [0.15, 0.2) is 24.4 Å². The molecule has 1 N–H and O–H groups in total. The van der Waals surface area contributed by atoms with Crippen LogP contribution in [0.25, 0.3) is 16.6 Å². The van der Waals surface area contributed by atoms with Crippen LogP contribution in [-0.2, 0) is 9.53 Å². The van der Waals surface area contributed by atoms with Crippen LogP contribution in [0.2, 0.25) is 0 Å². The summed E-state index contributed by atoms with van der Waals surface area (Å²) in [6, 6.07) is 3.84. The van der Waals surface area contributed by atoms with E-state index in [1.807, 2.05) is 18.2 Å². The molecule has 1 aliphatic carbocycles. The SMILES string of the molecule is COc1ccc(C2=CCOC2)c2ncc(NC(=O)C3CC3)nc12. The number of methoxy groups -OCH3 is 1. The largest absolute Gasteiger partial charge is 0.494 e. The number of carbonyl (C=O) groups excluding carboxylic acids is 1. The number of anilines is 1. The van der Waals surface area contributed by atoms with E-state index in [0.29, 0.717) is 30.3 Å². The van der Waals surface area contributed by atoms with Gasteiger partial charge in [-0.3, -0.25) is 4.79 Å². The van der Waals surface area contributed by atoms with Gasteiger partial charge in [0.15, 0.2) is 5.82 Å². The lowest BCUT2D eigenvalue weighted by molar-refractivity contribution is -0.117. The fraction of sp³-hybridized carbons (Fsp3) is 0.353. The Hall–Kier alpha value is -2.47. The third-order valence-electron chi connectivity index (χ3n) is 4.13. The third-order valence-corrected chi connectivity index (χ3v) is 4.13. The van der Waals surface area contributed by atoms with Crippen molar-refractivity contribution in [2.75, 3.05) is 25.6 Å². The fourth-order valence-corrected chi connectivity index (χ4v) is 2.71. The molecule has 1 aromatic carbocycles. The Bertz CT molecular complexity index is 812. The highest BCUT2D eigenvalue weighted by molar-refractivity contribution is 5.96. The van der Waals surface area contributed by atoms with Crippen molar-refractivity contribution in [3.63, 3.8) is 0 Å². The van der Waals surface area contributed by atoms with E-state index in [1.165, 1.54) is 0 Å². The van der Waals surface area contributed by atoms with Gasteiger partial charge in [0.05, 0.1) is 26.5 Å². The van der Waals surface area contributed by atoms with Gasteiger partial charge in [-0.05, 0) is 30.5 Å². The quantitative estimate of drug-likeness (QED) is 0.938. The molecular formula is C17H17N3O3. The van der Waals surface area contributed by atoms with Crippen LogP contribution in [0.4, 0.5) is 5.82 Å². The number of benzene rings is 1. The number of hydrogen-bond acceptors (Lipinski definition) is 5. The van der Waals surface area contributed by atoms with Crippen molar-refractivity contribution in [2.24, 2.45) is 5.92 Å². The molecule has 1 saturated carbocycles. The van der Waals surface area contributed by atoms with Crippen molar-refractivity contribution in [2.45, 2.75) is 12.8 Å². The molecule has 6 heteroatoms. The highest BCUT2D eigenvalue weighted by Gasteiger charge is 2.30. The Morgan fingerprint density at radius 3 is 2.91 bits per heavy atom. The molecule has 23 heavy (non-hydrogen) atoms. The summed E-state index contributed by atoms with van der Waals surface area (Å²) in [5.41, 5.74) is 3.49. The van der Waals surface area contributed by atoms with E-state index in [4.69, 9.17) is 9.47 Å². The standard InChI is InChI=1S/C17H17N3O3/c1-22-13-5-4-12(11-6-7-23-9-11)15-16(13)19-14(8-18-15)20-17(21)10-2-3-10/h4-6,8,10H,2-3,7,9H2,1H3,(H,19,20,21). The molecule has 0 atom stereocenters. The lowest BCUT2D eigenvalue weighted by Gasteiger charge is -2.11. The number of nitrogens with one attached hydrogen (secondary N) is 1. The first-order valence-electron chi connectivity index (χ1n) is 7.68. The smallest absolute Gasteiger partial charge is 0.228 e. The zero-order valence-electron chi connectivity index (χ0n) is 12.8. The Morgan fingerprint density at radius 1 is 1.35 bits per heavy atom. The predicted molar refractivity (Wildman–Crippen MR) is 86.2 cm³/mol. The summed E-state index contributed by atoms with van der Waals surface area (Å²) in [6.45, 7) is 1.19. The first kappa shape index (κ1) is 14.1. The maximum Gasteiger partial charge on any atom is 0.228 e. The number of nitrogens with zero attached hydrogens (tertiary/aromatic N) is 2. The molecule has 6 nitrogen and oxygen atoms in total. The van der Waals surface area contributed by atoms with E-state index in [1.54, 1.807) is 13.3 Å². The minimum atomic E-state index is 0.0145. The average Bonchev–Trinajstić information content (AvgIpc) is 3.29. The van der Waals surface area contributed by atoms with Gasteiger partial charge in [-0.25, -0.2) is 9.97 Å². The van der Waals surface area contributed by atoms with E-state index in [9.17, 15) is 4.79 Å². The van der Waals surface area contributed by atoms with Gasteiger partial charge in [-0.15, -0.1) is 0 Å². The first-order chi connectivity index (χ1) is 11.3. The normalized spacial score (nSPS) is 17.2. The molecule has 1 amide bonds. The maximum absolute atomic E-state index is 11.9. The maximum atomic E-state index is 11.9. The molecule has 0 saturated heterocycles. The van der Waals surface area contributed by atoms with Crippen molar-refractivity contribution in [1.82, 2.24) is 9.97 Å². The highest BCUT2D eigenvalue weighted by Crippen LogP contribution is 2.33. The zero-order valence-corrected chi connectivity index (χ0v) is 12.8. The van der Waals surface area contributed by atoms with Gasteiger partial charge in [0, 0.05) is 11.5 Å². The van der Waals surface area contributed by atoms with E-state index in [2.05, 4.69) is 15.3 Å². The van der Waals surface area contributed by atoms with Gasteiger partial charge < -0.3 is 14.8 Å². The van der Waals surface area contributed by atoms with Gasteiger partial charge in [0.25, 0.3) is 0 Å². The van der Waals surface area contributed by atoms with Gasteiger partial charge in [0.1, 0.15) is 16.8 Å². The lowest BCUT2D eigenvalue weighted by Crippen LogP contribution is -2.14. The van der Waals surface area contributed by atoms with Crippen molar-refractivity contribution in [1.29, 1.82) is 0 Å². The Morgan fingerprint density at radius 2 is 2.22 bits per heavy atom. The van der Waals surface area contributed by atoms with Crippen molar-refractivity contribution < 1.29 is 14.3 Å². The summed E-state index contributed by atoms with van der Waals surface area (Å²) in [5.74, 6) is 1.24. The van der Waals surface area contributed by atoms with E-state index >= 15 is 0 Å². The van der Waals surface area contributed by atoms with Crippen LogP contribution in [0.1, 0.15) is 18.4 Å². The third kappa shape index (κ3) is 2.66. The van der Waals surface area contributed by atoms with Crippen LogP contribution in [-0.4, -0.2) is 36.2 Å². The highest BCUT2D eigenvalue weighted by atomic mass is 16.5.